The van der Waals surface area contributed by atoms with E-state index < -0.39 is 24.6 Å². The SMILES string of the molecule is O=C1CC(O)CN1CCC(F)(F)F. The zero-order valence-electron chi connectivity index (χ0n) is 6.84. The van der Waals surface area contributed by atoms with Gasteiger partial charge in [-0.05, 0) is 0 Å². The fourth-order valence-corrected chi connectivity index (χ4v) is 1.23. The van der Waals surface area contributed by atoms with E-state index in [4.69, 9.17) is 5.11 Å². The van der Waals surface area contributed by atoms with Gasteiger partial charge in [0, 0.05) is 13.1 Å². The molecular formula is C7H10F3NO2. The van der Waals surface area contributed by atoms with E-state index in [-0.39, 0.29) is 19.5 Å². The average molecular weight is 197 g/mol. The highest BCUT2D eigenvalue weighted by atomic mass is 19.4. The summed E-state index contributed by atoms with van der Waals surface area (Å²) in [5.41, 5.74) is 0. The second-order valence-electron chi connectivity index (χ2n) is 3.06. The molecule has 1 heterocycles. The molecule has 13 heavy (non-hydrogen) atoms. The Bertz CT molecular complexity index is 204. The number of carbonyl (C=O) groups is 1. The van der Waals surface area contributed by atoms with Gasteiger partial charge >= 0.3 is 6.18 Å². The Hall–Kier alpha value is -0.780. The highest BCUT2D eigenvalue weighted by Crippen LogP contribution is 2.21. The molecule has 0 aromatic carbocycles. The van der Waals surface area contributed by atoms with Crippen LogP contribution in [0.15, 0.2) is 0 Å². The lowest BCUT2D eigenvalue weighted by Crippen LogP contribution is -2.30. The third-order valence-corrected chi connectivity index (χ3v) is 1.86. The lowest BCUT2D eigenvalue weighted by molar-refractivity contribution is -0.143. The number of hydrogen-bond acceptors (Lipinski definition) is 2. The number of rotatable bonds is 2. The number of carbonyl (C=O) groups excluding carboxylic acids is 1. The standard InChI is InChI=1S/C7H10F3NO2/c8-7(9,10)1-2-11-4-5(12)3-6(11)13/h5,12H,1-4H2. The molecule has 1 rings (SSSR count). The monoisotopic (exact) mass is 197 g/mol. The van der Waals surface area contributed by atoms with Crippen LogP contribution >= 0.6 is 0 Å². The molecule has 0 aromatic heterocycles. The van der Waals surface area contributed by atoms with Crippen LogP contribution < -0.4 is 0 Å². The molecule has 1 fully saturated rings. The van der Waals surface area contributed by atoms with E-state index in [2.05, 4.69) is 0 Å². The van der Waals surface area contributed by atoms with Gasteiger partial charge in [0.05, 0.1) is 18.9 Å². The predicted molar refractivity (Wildman–Crippen MR) is 37.9 cm³/mol. The third-order valence-electron chi connectivity index (χ3n) is 1.86. The first-order valence-electron chi connectivity index (χ1n) is 3.91. The molecule has 6 heteroatoms. The second-order valence-corrected chi connectivity index (χ2v) is 3.06. The number of amides is 1. The van der Waals surface area contributed by atoms with Crippen molar-refractivity contribution in [1.82, 2.24) is 4.90 Å². The van der Waals surface area contributed by atoms with Crippen molar-refractivity contribution in [3.05, 3.63) is 0 Å². The Morgan fingerprint density at radius 2 is 2.15 bits per heavy atom. The van der Waals surface area contributed by atoms with E-state index in [1.54, 1.807) is 0 Å². The number of alkyl halides is 3. The summed E-state index contributed by atoms with van der Waals surface area (Å²) < 4.78 is 35.2. The summed E-state index contributed by atoms with van der Waals surface area (Å²) in [6.45, 7) is -0.325. The summed E-state index contributed by atoms with van der Waals surface area (Å²) >= 11 is 0. The number of hydrogen-bond donors (Lipinski definition) is 1. The van der Waals surface area contributed by atoms with Gasteiger partial charge in [-0.15, -0.1) is 0 Å². The molecule has 1 amide bonds. The van der Waals surface area contributed by atoms with Gasteiger partial charge in [-0.3, -0.25) is 4.79 Å². The van der Waals surface area contributed by atoms with E-state index >= 15 is 0 Å². The van der Waals surface area contributed by atoms with Gasteiger partial charge in [-0.25, -0.2) is 0 Å². The van der Waals surface area contributed by atoms with Crippen molar-refractivity contribution in [2.24, 2.45) is 0 Å². The molecule has 0 saturated carbocycles. The van der Waals surface area contributed by atoms with E-state index in [1.807, 2.05) is 0 Å². The maximum atomic E-state index is 11.7. The molecule has 1 saturated heterocycles. The summed E-state index contributed by atoms with van der Waals surface area (Å²) in [4.78, 5) is 11.9. The number of β-amino-alcohol motifs (C(OH)–C–C–N with tert-alkyl or cyclic N) is 1. The molecule has 0 radical (unpaired) electrons. The number of aliphatic hydroxyl groups excluding tert-OH is 1. The normalized spacial score (nSPS) is 24.2. The Balaban J connectivity index is 2.34. The first-order valence-corrected chi connectivity index (χ1v) is 3.91. The van der Waals surface area contributed by atoms with E-state index in [0.29, 0.717) is 0 Å². The predicted octanol–water partition coefficient (Wildman–Crippen LogP) is 0.532. The molecule has 0 aliphatic carbocycles. The van der Waals surface area contributed by atoms with Crippen LogP contribution in [0.4, 0.5) is 13.2 Å². The van der Waals surface area contributed by atoms with Crippen molar-refractivity contribution in [3.8, 4) is 0 Å². The smallest absolute Gasteiger partial charge is 0.390 e. The molecule has 1 unspecified atom stereocenters. The molecular weight excluding hydrogens is 187 g/mol. The minimum absolute atomic E-state index is 0.0227. The molecule has 1 aliphatic rings. The van der Waals surface area contributed by atoms with E-state index in [0.717, 1.165) is 4.90 Å². The van der Waals surface area contributed by atoms with E-state index in [9.17, 15) is 18.0 Å². The van der Waals surface area contributed by atoms with Crippen LogP contribution in [0.3, 0.4) is 0 Å². The third kappa shape index (κ3) is 3.22. The first kappa shape index (κ1) is 10.3. The Labute approximate surface area is 73.1 Å². The Morgan fingerprint density at radius 1 is 1.54 bits per heavy atom. The highest BCUT2D eigenvalue weighted by Gasteiger charge is 2.33. The minimum atomic E-state index is -4.24. The number of aliphatic hydroxyl groups is 1. The lowest BCUT2D eigenvalue weighted by atomic mass is 10.3. The zero-order valence-corrected chi connectivity index (χ0v) is 6.84. The first-order chi connectivity index (χ1) is 5.88. The maximum Gasteiger partial charge on any atom is 0.390 e. The fourth-order valence-electron chi connectivity index (χ4n) is 1.23. The van der Waals surface area contributed by atoms with Crippen molar-refractivity contribution < 1.29 is 23.1 Å². The summed E-state index contributed by atoms with van der Waals surface area (Å²) in [7, 11) is 0. The van der Waals surface area contributed by atoms with Crippen molar-refractivity contribution in [3.63, 3.8) is 0 Å². The molecule has 76 valence electrons. The molecule has 1 atom stereocenters. The Kier molecular flexibility index (Phi) is 2.80. The molecule has 0 aromatic rings. The highest BCUT2D eigenvalue weighted by molar-refractivity contribution is 5.78. The molecule has 0 spiro atoms. The van der Waals surface area contributed by atoms with Gasteiger partial charge in [0.25, 0.3) is 0 Å². The summed E-state index contributed by atoms with van der Waals surface area (Å²) in [6, 6.07) is 0. The largest absolute Gasteiger partial charge is 0.391 e. The van der Waals surface area contributed by atoms with Crippen molar-refractivity contribution in [2.75, 3.05) is 13.1 Å². The van der Waals surface area contributed by atoms with Crippen molar-refractivity contribution in [2.45, 2.75) is 25.1 Å². The number of halogens is 3. The van der Waals surface area contributed by atoms with Crippen LogP contribution in [0, 0.1) is 0 Å². The Morgan fingerprint density at radius 3 is 2.54 bits per heavy atom. The molecule has 3 nitrogen and oxygen atoms in total. The van der Waals surface area contributed by atoms with Crippen LogP contribution in [-0.2, 0) is 4.79 Å². The van der Waals surface area contributed by atoms with Gasteiger partial charge in [0.2, 0.25) is 5.91 Å². The van der Waals surface area contributed by atoms with Crippen molar-refractivity contribution >= 4 is 5.91 Å². The molecule has 0 bridgehead atoms. The van der Waals surface area contributed by atoms with Gasteiger partial charge in [0.15, 0.2) is 0 Å². The van der Waals surface area contributed by atoms with Gasteiger partial charge in [0.1, 0.15) is 0 Å². The van der Waals surface area contributed by atoms with Crippen LogP contribution in [0.5, 0.6) is 0 Å². The van der Waals surface area contributed by atoms with Crippen LogP contribution in [0.25, 0.3) is 0 Å². The van der Waals surface area contributed by atoms with Crippen LogP contribution in [-0.4, -0.2) is 41.3 Å². The number of nitrogens with zero attached hydrogens (tertiary/aromatic N) is 1. The lowest BCUT2D eigenvalue weighted by Gasteiger charge is -2.16. The van der Waals surface area contributed by atoms with Crippen LogP contribution in [0.1, 0.15) is 12.8 Å². The fraction of sp³-hybridized carbons (Fsp3) is 0.857. The molecule has 1 aliphatic heterocycles. The van der Waals surface area contributed by atoms with Gasteiger partial charge in [-0.2, -0.15) is 13.2 Å². The summed E-state index contributed by atoms with van der Waals surface area (Å²) in [5.74, 6) is -0.406. The zero-order chi connectivity index (χ0) is 10.1. The number of likely N-dealkylation sites (tertiary alicyclic amines) is 1. The van der Waals surface area contributed by atoms with Gasteiger partial charge < -0.3 is 10.0 Å². The van der Waals surface area contributed by atoms with E-state index in [1.165, 1.54) is 0 Å². The summed E-state index contributed by atoms with van der Waals surface area (Å²) in [6.07, 6.45) is -6.11. The molecule has 1 N–H and O–H groups in total. The average Bonchev–Trinajstić information content (AvgIpc) is 2.24. The minimum Gasteiger partial charge on any atom is -0.391 e. The summed E-state index contributed by atoms with van der Waals surface area (Å²) in [5, 5.41) is 8.96. The maximum absolute atomic E-state index is 11.7. The quantitative estimate of drug-likeness (QED) is 0.701. The topological polar surface area (TPSA) is 40.5 Å². The van der Waals surface area contributed by atoms with Crippen LogP contribution in [0.2, 0.25) is 0 Å². The van der Waals surface area contributed by atoms with Crippen molar-refractivity contribution in [1.29, 1.82) is 0 Å². The van der Waals surface area contributed by atoms with Gasteiger partial charge in [-0.1, -0.05) is 0 Å². The second kappa shape index (κ2) is 3.53.